The quantitative estimate of drug-likeness (QED) is 0.852. The zero-order valence-corrected chi connectivity index (χ0v) is 9.57. The highest BCUT2D eigenvalue weighted by Gasteiger charge is 2.05. The van der Waals surface area contributed by atoms with Crippen molar-refractivity contribution in [2.75, 3.05) is 11.1 Å². The average molecular weight is 245 g/mol. The Morgan fingerprint density at radius 3 is 2.88 bits per heavy atom. The van der Waals surface area contributed by atoms with Gasteiger partial charge >= 0.3 is 0 Å². The summed E-state index contributed by atoms with van der Waals surface area (Å²) in [4.78, 5) is 4.09. The molecule has 4 nitrogen and oxygen atoms in total. The smallest absolute Gasteiger partial charge is 0.153 e. The van der Waals surface area contributed by atoms with E-state index in [0.717, 1.165) is 0 Å². The molecule has 0 fully saturated rings. The van der Waals surface area contributed by atoms with Gasteiger partial charge in [-0.25, -0.2) is 4.98 Å². The minimum absolute atomic E-state index is 0.508. The number of aromatic nitrogens is 1. The standard InChI is InChI=1S/C12H9ClN4/c13-9-4-3-8(7-14)6-11(9)17-12-10(15)2-1-5-16-12/h1-6H,15H2,(H,16,17). The molecule has 0 aliphatic rings. The van der Waals surface area contributed by atoms with Crippen molar-refractivity contribution >= 4 is 28.8 Å². The van der Waals surface area contributed by atoms with Crippen molar-refractivity contribution in [3.8, 4) is 6.07 Å². The fraction of sp³-hybridized carbons (Fsp3) is 0. The van der Waals surface area contributed by atoms with Crippen LogP contribution in [0.15, 0.2) is 36.5 Å². The van der Waals surface area contributed by atoms with Crippen LogP contribution in [0.1, 0.15) is 5.56 Å². The fourth-order valence-corrected chi connectivity index (χ4v) is 1.51. The van der Waals surface area contributed by atoms with E-state index >= 15 is 0 Å². The SMILES string of the molecule is N#Cc1ccc(Cl)c(Nc2ncccc2N)c1. The van der Waals surface area contributed by atoms with Crippen molar-refractivity contribution in [3.63, 3.8) is 0 Å². The van der Waals surface area contributed by atoms with Crippen molar-refractivity contribution < 1.29 is 0 Å². The monoisotopic (exact) mass is 244 g/mol. The normalized spacial score (nSPS) is 9.65. The van der Waals surface area contributed by atoms with Crippen molar-refractivity contribution in [1.82, 2.24) is 4.98 Å². The van der Waals surface area contributed by atoms with Gasteiger partial charge in [-0.05, 0) is 30.3 Å². The van der Waals surface area contributed by atoms with E-state index in [-0.39, 0.29) is 0 Å². The topological polar surface area (TPSA) is 74.7 Å². The van der Waals surface area contributed by atoms with Crippen LogP contribution in [0.2, 0.25) is 5.02 Å². The summed E-state index contributed by atoms with van der Waals surface area (Å²) in [6.45, 7) is 0. The molecule has 1 aromatic heterocycles. The molecule has 17 heavy (non-hydrogen) atoms. The van der Waals surface area contributed by atoms with Crippen LogP contribution in [0.3, 0.4) is 0 Å². The van der Waals surface area contributed by atoms with E-state index in [2.05, 4.69) is 10.3 Å². The molecule has 0 radical (unpaired) electrons. The van der Waals surface area contributed by atoms with Crippen LogP contribution < -0.4 is 11.1 Å². The van der Waals surface area contributed by atoms with Gasteiger partial charge in [-0.2, -0.15) is 5.26 Å². The van der Waals surface area contributed by atoms with Crippen molar-refractivity contribution in [2.45, 2.75) is 0 Å². The third-order valence-electron chi connectivity index (χ3n) is 2.19. The summed E-state index contributed by atoms with van der Waals surface area (Å²) in [5, 5.41) is 12.3. The first-order valence-corrected chi connectivity index (χ1v) is 5.25. The Morgan fingerprint density at radius 2 is 2.18 bits per heavy atom. The fourth-order valence-electron chi connectivity index (χ4n) is 1.34. The molecular formula is C12H9ClN4. The molecule has 0 atom stereocenters. The van der Waals surface area contributed by atoms with Crippen LogP contribution in [-0.2, 0) is 0 Å². The maximum Gasteiger partial charge on any atom is 0.153 e. The highest BCUT2D eigenvalue weighted by atomic mass is 35.5. The Kier molecular flexibility index (Phi) is 3.12. The molecule has 0 aliphatic carbocycles. The predicted octanol–water partition coefficient (Wildman–Crippen LogP) is 2.93. The number of hydrogen-bond donors (Lipinski definition) is 2. The highest BCUT2D eigenvalue weighted by Crippen LogP contribution is 2.27. The van der Waals surface area contributed by atoms with Crippen LogP contribution in [0.4, 0.5) is 17.2 Å². The third-order valence-corrected chi connectivity index (χ3v) is 2.52. The Bertz CT molecular complexity index is 589. The first kappa shape index (κ1) is 11.2. The van der Waals surface area contributed by atoms with Gasteiger partial charge in [0, 0.05) is 6.20 Å². The first-order valence-electron chi connectivity index (χ1n) is 4.88. The first-order chi connectivity index (χ1) is 8.20. The largest absolute Gasteiger partial charge is 0.396 e. The van der Waals surface area contributed by atoms with E-state index in [1.807, 2.05) is 6.07 Å². The zero-order valence-electron chi connectivity index (χ0n) is 8.81. The van der Waals surface area contributed by atoms with Crippen molar-refractivity contribution in [2.24, 2.45) is 0 Å². The van der Waals surface area contributed by atoms with Gasteiger partial charge in [0.15, 0.2) is 5.82 Å². The van der Waals surface area contributed by atoms with Gasteiger partial charge in [0.2, 0.25) is 0 Å². The lowest BCUT2D eigenvalue weighted by atomic mass is 10.2. The number of nitriles is 1. The summed E-state index contributed by atoms with van der Waals surface area (Å²) in [6.07, 6.45) is 1.63. The van der Waals surface area contributed by atoms with Gasteiger partial charge in [-0.15, -0.1) is 0 Å². The minimum atomic E-state index is 0.508. The second-order valence-electron chi connectivity index (χ2n) is 3.37. The lowest BCUT2D eigenvalue weighted by Gasteiger charge is -2.09. The summed E-state index contributed by atoms with van der Waals surface area (Å²) in [5.74, 6) is 0.518. The zero-order chi connectivity index (χ0) is 12.3. The van der Waals surface area contributed by atoms with Crippen molar-refractivity contribution in [1.29, 1.82) is 5.26 Å². The molecule has 2 aromatic rings. The molecule has 0 amide bonds. The third kappa shape index (κ3) is 2.47. The van der Waals surface area contributed by atoms with E-state index < -0.39 is 0 Å². The van der Waals surface area contributed by atoms with Crippen LogP contribution in [0, 0.1) is 11.3 Å². The summed E-state index contributed by atoms with van der Waals surface area (Å²) in [7, 11) is 0. The number of nitrogens with zero attached hydrogens (tertiary/aromatic N) is 2. The number of nitrogen functional groups attached to an aromatic ring is 1. The second-order valence-corrected chi connectivity index (χ2v) is 3.78. The molecule has 5 heteroatoms. The van der Waals surface area contributed by atoms with Crippen LogP contribution in [0.25, 0.3) is 0 Å². The van der Waals surface area contributed by atoms with Crippen LogP contribution in [-0.4, -0.2) is 4.98 Å². The second kappa shape index (κ2) is 4.73. The molecule has 0 bridgehead atoms. The molecule has 1 aromatic carbocycles. The van der Waals surface area contributed by atoms with E-state index in [9.17, 15) is 0 Å². The Morgan fingerprint density at radius 1 is 1.35 bits per heavy atom. The minimum Gasteiger partial charge on any atom is -0.396 e. The van der Waals surface area contributed by atoms with Gasteiger partial charge in [0.05, 0.1) is 28.0 Å². The molecule has 0 saturated heterocycles. The van der Waals surface area contributed by atoms with Gasteiger partial charge in [0.1, 0.15) is 0 Å². The lowest BCUT2D eigenvalue weighted by Crippen LogP contribution is -1.99. The molecule has 2 rings (SSSR count). The van der Waals surface area contributed by atoms with Gasteiger partial charge in [-0.1, -0.05) is 11.6 Å². The summed E-state index contributed by atoms with van der Waals surface area (Å²) < 4.78 is 0. The van der Waals surface area contributed by atoms with Crippen LogP contribution in [0.5, 0.6) is 0 Å². The lowest BCUT2D eigenvalue weighted by molar-refractivity contribution is 1.31. The van der Waals surface area contributed by atoms with E-state index in [1.165, 1.54) is 0 Å². The number of rotatable bonds is 2. The number of benzene rings is 1. The molecule has 84 valence electrons. The molecule has 3 N–H and O–H groups in total. The van der Waals surface area contributed by atoms with Gasteiger partial charge in [-0.3, -0.25) is 0 Å². The molecule has 1 heterocycles. The predicted molar refractivity (Wildman–Crippen MR) is 68.1 cm³/mol. The van der Waals surface area contributed by atoms with Crippen molar-refractivity contribution in [3.05, 3.63) is 47.1 Å². The van der Waals surface area contributed by atoms with E-state index in [4.69, 9.17) is 22.6 Å². The Balaban J connectivity index is 2.37. The molecule has 0 spiro atoms. The summed E-state index contributed by atoms with van der Waals surface area (Å²) in [5.41, 5.74) is 7.40. The van der Waals surface area contributed by atoms with Crippen LogP contribution >= 0.6 is 11.6 Å². The number of anilines is 3. The molecule has 0 aliphatic heterocycles. The molecule has 0 saturated carbocycles. The van der Waals surface area contributed by atoms with Gasteiger partial charge < -0.3 is 11.1 Å². The summed E-state index contributed by atoms with van der Waals surface area (Å²) in [6, 6.07) is 10.5. The number of pyridine rings is 1. The summed E-state index contributed by atoms with van der Waals surface area (Å²) >= 11 is 6.01. The number of halogens is 1. The van der Waals surface area contributed by atoms with Gasteiger partial charge in [0.25, 0.3) is 0 Å². The Hall–Kier alpha value is -2.25. The average Bonchev–Trinajstić information content (AvgIpc) is 2.35. The highest BCUT2D eigenvalue weighted by molar-refractivity contribution is 6.33. The molecular weight excluding hydrogens is 236 g/mol. The maximum absolute atomic E-state index is 8.81. The maximum atomic E-state index is 8.81. The number of hydrogen-bond acceptors (Lipinski definition) is 4. The molecule has 0 unspecified atom stereocenters. The van der Waals surface area contributed by atoms with E-state index in [0.29, 0.717) is 27.8 Å². The number of nitrogens with two attached hydrogens (primary N) is 1. The van der Waals surface area contributed by atoms with E-state index in [1.54, 1.807) is 36.5 Å². The Labute approximate surface area is 104 Å². The number of nitrogens with one attached hydrogen (secondary N) is 1.